The summed E-state index contributed by atoms with van der Waals surface area (Å²) in [6.45, 7) is 8.46. The Morgan fingerprint density at radius 2 is 1.63 bits per heavy atom. The van der Waals surface area contributed by atoms with Gasteiger partial charge in [-0.05, 0) is 38.1 Å². The maximum Gasteiger partial charge on any atom is 0.416 e. The van der Waals surface area contributed by atoms with E-state index in [1.54, 1.807) is 17.1 Å². The van der Waals surface area contributed by atoms with Gasteiger partial charge in [-0.1, -0.05) is 0 Å². The van der Waals surface area contributed by atoms with E-state index in [9.17, 15) is 18.0 Å². The number of ether oxygens (including phenoxy) is 1. The number of carbonyl (C=O) groups is 1. The van der Waals surface area contributed by atoms with Crippen LogP contribution < -0.4 is 9.80 Å². The van der Waals surface area contributed by atoms with Crippen LogP contribution in [0.4, 0.5) is 24.8 Å². The molecule has 2 fully saturated rings. The third-order valence-corrected chi connectivity index (χ3v) is 7.01. The number of halogens is 3. The fourth-order valence-corrected chi connectivity index (χ4v) is 5.05. The van der Waals surface area contributed by atoms with Gasteiger partial charge >= 0.3 is 6.18 Å². The summed E-state index contributed by atoms with van der Waals surface area (Å²) in [5.74, 6) is 0.531. The van der Waals surface area contributed by atoms with Crippen LogP contribution in [0, 0.1) is 13.8 Å². The highest BCUT2D eigenvalue weighted by Gasteiger charge is 2.33. The molecule has 12 heteroatoms. The predicted molar refractivity (Wildman–Crippen MR) is 136 cm³/mol. The van der Waals surface area contributed by atoms with Crippen LogP contribution in [-0.4, -0.2) is 83.4 Å². The molecule has 1 aromatic carbocycles. The van der Waals surface area contributed by atoms with Crippen LogP contribution in [0.25, 0.3) is 11.1 Å². The predicted octanol–water partition coefficient (Wildman–Crippen LogP) is 3.33. The van der Waals surface area contributed by atoms with Crippen LogP contribution in [0.5, 0.6) is 0 Å². The number of alkyl halides is 3. The van der Waals surface area contributed by atoms with Crippen molar-refractivity contribution < 1.29 is 22.7 Å². The summed E-state index contributed by atoms with van der Waals surface area (Å²) in [6, 6.07) is 5.72. The van der Waals surface area contributed by atoms with Gasteiger partial charge in [0.15, 0.2) is 12.5 Å². The largest absolute Gasteiger partial charge is 0.416 e. The molecule has 0 N–H and O–H groups in total. The number of anilines is 2. The van der Waals surface area contributed by atoms with Gasteiger partial charge in [0, 0.05) is 74.2 Å². The fraction of sp³-hybridized carbons (Fsp3) is 0.462. The number of piperazine rings is 1. The molecule has 0 amide bonds. The molecular formula is C26H30F3N7O2. The van der Waals surface area contributed by atoms with Crippen LogP contribution in [0.3, 0.4) is 0 Å². The van der Waals surface area contributed by atoms with Crippen molar-refractivity contribution in [3.05, 3.63) is 53.6 Å². The summed E-state index contributed by atoms with van der Waals surface area (Å²) in [5, 5.41) is 4.46. The molecule has 1 atom stereocenters. The van der Waals surface area contributed by atoms with E-state index in [1.807, 2.05) is 34.6 Å². The number of rotatable bonds is 6. The second kappa shape index (κ2) is 10.7. The highest BCUT2D eigenvalue weighted by atomic mass is 19.4. The standard InChI is InChI=1S/C26H30F3N7O2/c1-18-13-19(2)36(32-18)24(17-37)34-7-5-33(6-8-34)23-4-3-21(26(27,28)29)14-22(23)20-15-30-25(31-16-20)35-9-11-38-12-10-35/h3-4,13-17,24H,5-12H2,1-2H3. The number of aldehydes is 1. The van der Waals surface area contributed by atoms with Crippen LogP contribution in [-0.2, 0) is 15.7 Å². The Labute approximate surface area is 218 Å². The Kier molecular flexibility index (Phi) is 7.35. The van der Waals surface area contributed by atoms with Crippen LogP contribution >= 0.6 is 0 Å². The number of carbonyl (C=O) groups excluding carboxylic acids is 1. The molecule has 3 aromatic rings. The molecule has 2 aliphatic rings. The van der Waals surface area contributed by atoms with E-state index >= 15 is 0 Å². The van der Waals surface area contributed by atoms with Gasteiger partial charge in [0.25, 0.3) is 0 Å². The molecule has 0 radical (unpaired) electrons. The van der Waals surface area contributed by atoms with Gasteiger partial charge in [-0.2, -0.15) is 18.3 Å². The lowest BCUT2D eigenvalue weighted by Gasteiger charge is -2.39. The normalized spacial score (nSPS) is 18.0. The Bertz CT molecular complexity index is 1260. The number of morpholine rings is 1. The van der Waals surface area contributed by atoms with E-state index in [2.05, 4.69) is 15.1 Å². The number of benzene rings is 1. The first-order chi connectivity index (χ1) is 18.2. The van der Waals surface area contributed by atoms with Gasteiger partial charge < -0.3 is 14.5 Å². The molecule has 2 aromatic heterocycles. The van der Waals surface area contributed by atoms with E-state index < -0.39 is 17.9 Å². The van der Waals surface area contributed by atoms with Gasteiger partial charge in [-0.25, -0.2) is 14.6 Å². The zero-order valence-electron chi connectivity index (χ0n) is 21.4. The maximum absolute atomic E-state index is 13.6. The van der Waals surface area contributed by atoms with Crippen molar-refractivity contribution in [2.75, 3.05) is 62.3 Å². The first kappa shape index (κ1) is 26.1. The summed E-state index contributed by atoms with van der Waals surface area (Å²) in [7, 11) is 0. The molecule has 0 spiro atoms. The summed E-state index contributed by atoms with van der Waals surface area (Å²) in [5.41, 5.74) is 2.62. The highest BCUT2D eigenvalue weighted by Crippen LogP contribution is 2.38. The molecule has 0 aliphatic carbocycles. The Hall–Kier alpha value is -3.51. The molecule has 1 unspecified atom stereocenters. The minimum Gasteiger partial charge on any atom is -0.378 e. The molecule has 202 valence electrons. The lowest BCUT2D eigenvalue weighted by Crippen LogP contribution is -2.49. The second-order valence-electron chi connectivity index (χ2n) is 9.55. The zero-order chi connectivity index (χ0) is 26.9. The van der Waals surface area contributed by atoms with E-state index in [0.717, 1.165) is 23.7 Å². The molecule has 2 saturated heterocycles. The summed E-state index contributed by atoms with van der Waals surface area (Å²) in [4.78, 5) is 27.0. The van der Waals surface area contributed by atoms with E-state index in [0.29, 0.717) is 75.2 Å². The number of hydrogen-bond donors (Lipinski definition) is 0. The SMILES string of the molecule is Cc1cc(C)n(C(C=O)N2CCN(c3ccc(C(F)(F)F)cc3-c3cnc(N4CCOCC4)nc3)CC2)n1. The van der Waals surface area contributed by atoms with Crippen LogP contribution in [0.1, 0.15) is 23.1 Å². The Morgan fingerprint density at radius 3 is 2.21 bits per heavy atom. The van der Waals surface area contributed by atoms with Gasteiger partial charge in [-0.15, -0.1) is 0 Å². The zero-order valence-corrected chi connectivity index (χ0v) is 21.4. The van der Waals surface area contributed by atoms with E-state index in [4.69, 9.17) is 4.74 Å². The fourth-order valence-electron chi connectivity index (χ4n) is 5.05. The van der Waals surface area contributed by atoms with Gasteiger partial charge in [0.05, 0.1) is 24.5 Å². The Balaban J connectivity index is 1.39. The third kappa shape index (κ3) is 5.37. The number of aryl methyl sites for hydroxylation is 2. The molecular weight excluding hydrogens is 499 g/mol. The highest BCUT2D eigenvalue weighted by molar-refractivity contribution is 5.79. The Morgan fingerprint density at radius 1 is 0.947 bits per heavy atom. The van der Waals surface area contributed by atoms with Crippen molar-refractivity contribution in [1.82, 2.24) is 24.6 Å². The number of aromatic nitrogens is 4. The van der Waals surface area contributed by atoms with Crippen LogP contribution in [0.2, 0.25) is 0 Å². The molecule has 5 rings (SSSR count). The monoisotopic (exact) mass is 529 g/mol. The maximum atomic E-state index is 13.6. The second-order valence-corrected chi connectivity index (χ2v) is 9.55. The lowest BCUT2D eigenvalue weighted by atomic mass is 10.0. The number of nitrogens with zero attached hydrogens (tertiary/aromatic N) is 7. The van der Waals surface area contributed by atoms with Crippen molar-refractivity contribution in [3.63, 3.8) is 0 Å². The van der Waals surface area contributed by atoms with Crippen molar-refractivity contribution >= 4 is 17.9 Å². The van der Waals surface area contributed by atoms with Gasteiger partial charge in [-0.3, -0.25) is 9.69 Å². The van der Waals surface area contributed by atoms with Crippen molar-refractivity contribution in [2.24, 2.45) is 0 Å². The topological polar surface area (TPSA) is 79.6 Å². The molecule has 4 heterocycles. The molecule has 0 saturated carbocycles. The molecule has 0 bridgehead atoms. The lowest BCUT2D eigenvalue weighted by molar-refractivity contribution is -0.137. The third-order valence-electron chi connectivity index (χ3n) is 7.01. The molecule has 9 nitrogen and oxygen atoms in total. The first-order valence-electron chi connectivity index (χ1n) is 12.6. The molecule has 38 heavy (non-hydrogen) atoms. The number of hydrogen-bond acceptors (Lipinski definition) is 8. The van der Waals surface area contributed by atoms with E-state index in [1.165, 1.54) is 12.1 Å². The summed E-state index contributed by atoms with van der Waals surface area (Å²) < 4.78 is 48.0. The summed E-state index contributed by atoms with van der Waals surface area (Å²) in [6.07, 6.45) is -0.959. The van der Waals surface area contributed by atoms with Crippen molar-refractivity contribution in [3.8, 4) is 11.1 Å². The molecule has 2 aliphatic heterocycles. The average molecular weight is 530 g/mol. The van der Waals surface area contributed by atoms with Gasteiger partial charge in [0.1, 0.15) is 0 Å². The van der Waals surface area contributed by atoms with Crippen molar-refractivity contribution in [2.45, 2.75) is 26.2 Å². The van der Waals surface area contributed by atoms with Crippen molar-refractivity contribution in [1.29, 1.82) is 0 Å². The smallest absolute Gasteiger partial charge is 0.378 e. The minimum absolute atomic E-state index is 0.423. The van der Waals surface area contributed by atoms with Crippen LogP contribution in [0.15, 0.2) is 36.7 Å². The summed E-state index contributed by atoms with van der Waals surface area (Å²) >= 11 is 0. The van der Waals surface area contributed by atoms with E-state index in [-0.39, 0.29) is 0 Å². The quantitative estimate of drug-likeness (QED) is 0.450. The average Bonchev–Trinajstić information content (AvgIpc) is 3.26. The van der Waals surface area contributed by atoms with Gasteiger partial charge in [0.2, 0.25) is 5.95 Å². The minimum atomic E-state index is -4.47. The first-order valence-corrected chi connectivity index (χ1v) is 12.6.